The number of hydrogen-bond donors (Lipinski definition) is 1. The van der Waals surface area contributed by atoms with E-state index in [1.165, 1.54) is 29.1 Å². The van der Waals surface area contributed by atoms with Crippen molar-refractivity contribution < 1.29 is 4.92 Å². The van der Waals surface area contributed by atoms with E-state index < -0.39 is 10.5 Å². The van der Waals surface area contributed by atoms with Gasteiger partial charge in [0.2, 0.25) is 0 Å². The third kappa shape index (κ3) is 4.75. The number of benzene rings is 1. The van der Waals surface area contributed by atoms with Crippen LogP contribution in [0.5, 0.6) is 0 Å². The quantitative estimate of drug-likeness (QED) is 0.414. The molecule has 2 aromatic rings. The van der Waals surface area contributed by atoms with Gasteiger partial charge in [-0.05, 0) is 19.2 Å². The first-order valence-corrected chi connectivity index (χ1v) is 9.26. The van der Waals surface area contributed by atoms with Crippen molar-refractivity contribution in [3.63, 3.8) is 0 Å². The molecule has 1 aromatic heterocycles. The standard InChI is InChI=1S/C16H20ClN5O3S/c1-3-20(4-2)7-8-21-16(23)15(17)14(10-19-21)26-13-9-11(22(24)25)5-6-12(13)18/h5-6,9-10H,3-4,7-8,18H2,1-2H3. The molecule has 0 unspecified atom stereocenters. The summed E-state index contributed by atoms with van der Waals surface area (Å²) in [5.41, 5.74) is 5.75. The van der Waals surface area contributed by atoms with Crippen LogP contribution in [0.15, 0.2) is 39.0 Å². The fourth-order valence-electron chi connectivity index (χ4n) is 2.30. The molecule has 0 saturated carbocycles. The summed E-state index contributed by atoms with van der Waals surface area (Å²) in [6.07, 6.45) is 1.48. The molecule has 0 amide bonds. The van der Waals surface area contributed by atoms with Crippen molar-refractivity contribution >= 4 is 34.7 Å². The molecule has 26 heavy (non-hydrogen) atoms. The SMILES string of the molecule is CCN(CC)CCn1ncc(Sc2cc([N+](=O)[O-])ccc2N)c(Cl)c1=O. The summed E-state index contributed by atoms with van der Waals surface area (Å²) < 4.78 is 1.32. The van der Waals surface area contributed by atoms with Crippen molar-refractivity contribution in [2.24, 2.45) is 0 Å². The van der Waals surface area contributed by atoms with Gasteiger partial charge in [-0.25, -0.2) is 4.68 Å². The van der Waals surface area contributed by atoms with Gasteiger partial charge < -0.3 is 10.6 Å². The van der Waals surface area contributed by atoms with Gasteiger partial charge in [-0.1, -0.05) is 37.2 Å². The van der Waals surface area contributed by atoms with Crippen LogP contribution in [0.3, 0.4) is 0 Å². The first-order valence-electron chi connectivity index (χ1n) is 8.07. The minimum absolute atomic E-state index is 0.0236. The molecule has 10 heteroatoms. The van der Waals surface area contributed by atoms with E-state index in [4.69, 9.17) is 17.3 Å². The number of anilines is 1. The first-order chi connectivity index (χ1) is 12.4. The predicted octanol–water partition coefficient (Wildman–Crippen LogP) is 2.88. The van der Waals surface area contributed by atoms with Crippen molar-refractivity contribution in [2.45, 2.75) is 30.2 Å². The second-order valence-electron chi connectivity index (χ2n) is 5.46. The Labute approximate surface area is 160 Å². The maximum absolute atomic E-state index is 12.4. The molecule has 8 nitrogen and oxygen atoms in total. The zero-order valence-electron chi connectivity index (χ0n) is 14.5. The van der Waals surface area contributed by atoms with E-state index in [1.807, 2.05) is 0 Å². The highest BCUT2D eigenvalue weighted by atomic mass is 35.5. The number of halogens is 1. The Balaban J connectivity index is 2.24. The lowest BCUT2D eigenvalue weighted by atomic mass is 10.3. The molecule has 0 aliphatic heterocycles. The fourth-order valence-corrected chi connectivity index (χ4v) is 3.44. The monoisotopic (exact) mass is 397 g/mol. The number of rotatable bonds is 8. The number of nitro groups is 1. The van der Waals surface area contributed by atoms with E-state index in [2.05, 4.69) is 23.8 Å². The van der Waals surface area contributed by atoms with E-state index in [1.54, 1.807) is 0 Å². The highest BCUT2D eigenvalue weighted by molar-refractivity contribution is 7.99. The molecule has 0 aliphatic rings. The van der Waals surface area contributed by atoms with Gasteiger partial charge in [0.05, 0.1) is 22.6 Å². The van der Waals surface area contributed by atoms with E-state index >= 15 is 0 Å². The van der Waals surface area contributed by atoms with E-state index in [9.17, 15) is 14.9 Å². The lowest BCUT2D eigenvalue weighted by Crippen LogP contribution is -2.32. The summed E-state index contributed by atoms with van der Waals surface area (Å²) in [6.45, 7) is 7.01. The average molecular weight is 398 g/mol. The van der Waals surface area contributed by atoms with Crippen LogP contribution in [0.25, 0.3) is 0 Å². The largest absolute Gasteiger partial charge is 0.398 e. The number of likely N-dealkylation sites (N-methyl/N-ethyl adjacent to an activating group) is 1. The van der Waals surface area contributed by atoms with E-state index in [0.29, 0.717) is 28.6 Å². The smallest absolute Gasteiger partial charge is 0.286 e. The predicted molar refractivity (Wildman–Crippen MR) is 103 cm³/mol. The van der Waals surface area contributed by atoms with Crippen LogP contribution >= 0.6 is 23.4 Å². The zero-order valence-corrected chi connectivity index (χ0v) is 16.1. The molecule has 0 atom stereocenters. The molecule has 0 radical (unpaired) electrons. The van der Waals surface area contributed by atoms with Gasteiger partial charge in [0.1, 0.15) is 5.02 Å². The normalized spacial score (nSPS) is 11.1. The molecule has 1 heterocycles. The summed E-state index contributed by atoms with van der Waals surface area (Å²) in [5, 5.41) is 15.1. The molecular weight excluding hydrogens is 378 g/mol. The fraction of sp³-hybridized carbons (Fsp3) is 0.375. The van der Waals surface area contributed by atoms with Crippen LogP contribution in [-0.2, 0) is 6.54 Å². The highest BCUT2D eigenvalue weighted by Crippen LogP contribution is 2.36. The molecule has 0 saturated heterocycles. The molecule has 2 N–H and O–H groups in total. The number of nitrogens with two attached hydrogens (primary N) is 1. The van der Waals surface area contributed by atoms with Gasteiger partial charge in [0.15, 0.2) is 0 Å². The molecule has 0 fully saturated rings. The summed E-state index contributed by atoms with van der Waals surface area (Å²) in [4.78, 5) is 25.9. The molecule has 0 bridgehead atoms. The van der Waals surface area contributed by atoms with Crippen molar-refractivity contribution in [3.05, 3.63) is 49.9 Å². The minimum Gasteiger partial charge on any atom is -0.398 e. The number of aromatic nitrogens is 2. The number of hydrogen-bond acceptors (Lipinski definition) is 7. The third-order valence-electron chi connectivity index (χ3n) is 3.90. The second kappa shape index (κ2) is 9.02. The van der Waals surface area contributed by atoms with Crippen molar-refractivity contribution in [2.75, 3.05) is 25.4 Å². The topological polar surface area (TPSA) is 107 Å². The van der Waals surface area contributed by atoms with Gasteiger partial charge in [0, 0.05) is 29.3 Å². The van der Waals surface area contributed by atoms with Crippen molar-refractivity contribution in [3.8, 4) is 0 Å². The Bertz CT molecular complexity index is 854. The van der Waals surface area contributed by atoms with Crippen LogP contribution in [0.4, 0.5) is 11.4 Å². The summed E-state index contributed by atoms with van der Waals surface area (Å²) in [7, 11) is 0. The lowest BCUT2D eigenvalue weighted by molar-refractivity contribution is -0.385. The lowest BCUT2D eigenvalue weighted by Gasteiger charge is -2.18. The van der Waals surface area contributed by atoms with Crippen LogP contribution in [0, 0.1) is 10.1 Å². The Kier molecular flexibility index (Phi) is 7.01. The maximum Gasteiger partial charge on any atom is 0.286 e. The number of non-ortho nitro benzene ring substituents is 1. The second-order valence-corrected chi connectivity index (χ2v) is 6.92. The van der Waals surface area contributed by atoms with Gasteiger partial charge in [-0.15, -0.1) is 0 Å². The van der Waals surface area contributed by atoms with Gasteiger partial charge >= 0.3 is 0 Å². The first kappa shape index (κ1) is 20.2. The summed E-state index contributed by atoms with van der Waals surface area (Å²) in [5.74, 6) is 0. The van der Waals surface area contributed by atoms with Gasteiger partial charge in [-0.3, -0.25) is 14.9 Å². The molecule has 2 rings (SSSR count). The van der Waals surface area contributed by atoms with Gasteiger partial charge in [0.25, 0.3) is 11.2 Å². The zero-order chi connectivity index (χ0) is 19.3. The number of nitrogen functional groups attached to an aromatic ring is 1. The molecule has 1 aromatic carbocycles. The van der Waals surface area contributed by atoms with Crippen molar-refractivity contribution in [1.82, 2.24) is 14.7 Å². The highest BCUT2D eigenvalue weighted by Gasteiger charge is 2.15. The maximum atomic E-state index is 12.4. The number of nitrogens with zero attached hydrogens (tertiary/aromatic N) is 4. The van der Waals surface area contributed by atoms with Gasteiger partial charge in [-0.2, -0.15) is 5.10 Å². The van der Waals surface area contributed by atoms with Crippen LogP contribution in [0.2, 0.25) is 5.02 Å². The van der Waals surface area contributed by atoms with E-state index in [0.717, 1.165) is 24.9 Å². The van der Waals surface area contributed by atoms with Crippen LogP contribution < -0.4 is 11.3 Å². The average Bonchev–Trinajstić information content (AvgIpc) is 2.62. The third-order valence-corrected chi connectivity index (χ3v) is 5.48. The van der Waals surface area contributed by atoms with E-state index in [-0.39, 0.29) is 10.7 Å². The Morgan fingerprint density at radius 2 is 2.04 bits per heavy atom. The molecule has 0 aliphatic carbocycles. The van der Waals surface area contributed by atoms with Crippen molar-refractivity contribution in [1.29, 1.82) is 0 Å². The van der Waals surface area contributed by atoms with Crippen LogP contribution in [0.1, 0.15) is 13.8 Å². The molecular formula is C16H20ClN5O3S. The summed E-state index contributed by atoms with van der Waals surface area (Å²) >= 11 is 7.28. The molecule has 140 valence electrons. The Morgan fingerprint density at radius 1 is 1.35 bits per heavy atom. The summed E-state index contributed by atoms with van der Waals surface area (Å²) in [6, 6.07) is 4.12. The Morgan fingerprint density at radius 3 is 2.65 bits per heavy atom. The number of nitro benzene ring substituents is 1. The van der Waals surface area contributed by atoms with Crippen LogP contribution in [-0.4, -0.2) is 39.2 Å². The minimum atomic E-state index is -0.505. The Hall–Kier alpha value is -2.10. The molecule has 0 spiro atoms.